The Bertz CT molecular complexity index is 351. The molecule has 1 rings (SSSR count). The molecule has 0 aliphatic rings. The Morgan fingerprint density at radius 2 is 1.79 bits per heavy atom. The molecule has 0 heterocycles. The van der Waals surface area contributed by atoms with E-state index >= 15 is 0 Å². The Morgan fingerprint density at radius 3 is 2.26 bits per heavy atom. The Kier molecular flexibility index (Phi) is 6.84. The fourth-order valence-electron chi connectivity index (χ4n) is 1.96. The second-order valence-electron chi connectivity index (χ2n) is 5.07. The lowest BCUT2D eigenvalue weighted by atomic mass is 10.1. The van der Waals surface area contributed by atoms with E-state index in [1.807, 2.05) is 45.2 Å². The van der Waals surface area contributed by atoms with Crippen molar-refractivity contribution in [2.45, 2.75) is 39.0 Å². The van der Waals surface area contributed by atoms with Gasteiger partial charge in [-0.2, -0.15) is 0 Å². The third-order valence-corrected chi connectivity index (χ3v) is 3.02. The number of aliphatic hydroxyl groups is 2. The van der Waals surface area contributed by atoms with Crippen molar-refractivity contribution in [3.8, 4) is 5.75 Å². The molecule has 4 heteroatoms. The van der Waals surface area contributed by atoms with Crippen LogP contribution in [-0.4, -0.2) is 47.5 Å². The zero-order chi connectivity index (χ0) is 14.3. The molecular weight excluding hydrogens is 242 g/mol. The largest absolute Gasteiger partial charge is 0.491 e. The molecule has 19 heavy (non-hydrogen) atoms. The van der Waals surface area contributed by atoms with Gasteiger partial charge >= 0.3 is 0 Å². The first-order chi connectivity index (χ1) is 9.06. The molecule has 0 fully saturated rings. The van der Waals surface area contributed by atoms with Crippen molar-refractivity contribution in [3.63, 3.8) is 0 Å². The molecule has 0 amide bonds. The molecule has 4 nitrogen and oxygen atoms in total. The van der Waals surface area contributed by atoms with Gasteiger partial charge in [-0.1, -0.05) is 12.1 Å². The minimum Gasteiger partial charge on any atom is -0.491 e. The van der Waals surface area contributed by atoms with Gasteiger partial charge in [0.1, 0.15) is 5.75 Å². The standard InChI is InChI=1S/C15H25NO3/c1-12(2)19-15-6-4-13(5-7-15)10-16(3)14(11-18)8-9-17/h4-7,12,14,17-18H,8-11H2,1-3H3. The van der Waals surface area contributed by atoms with E-state index in [1.165, 1.54) is 0 Å². The maximum atomic E-state index is 9.28. The summed E-state index contributed by atoms with van der Waals surface area (Å²) in [5.74, 6) is 0.871. The average molecular weight is 267 g/mol. The molecule has 0 spiro atoms. The molecule has 0 aliphatic carbocycles. The van der Waals surface area contributed by atoms with Gasteiger partial charge < -0.3 is 14.9 Å². The maximum absolute atomic E-state index is 9.28. The van der Waals surface area contributed by atoms with E-state index in [0.29, 0.717) is 6.42 Å². The van der Waals surface area contributed by atoms with Crippen LogP contribution in [0.3, 0.4) is 0 Å². The first-order valence-corrected chi connectivity index (χ1v) is 6.74. The Balaban J connectivity index is 2.56. The zero-order valence-corrected chi connectivity index (χ0v) is 12.0. The number of ether oxygens (including phenoxy) is 1. The lowest BCUT2D eigenvalue weighted by molar-refractivity contribution is 0.115. The summed E-state index contributed by atoms with van der Waals surface area (Å²) in [7, 11) is 1.95. The van der Waals surface area contributed by atoms with Crippen molar-refractivity contribution in [3.05, 3.63) is 29.8 Å². The molecule has 1 aromatic rings. The van der Waals surface area contributed by atoms with E-state index in [-0.39, 0.29) is 25.4 Å². The first-order valence-electron chi connectivity index (χ1n) is 6.74. The normalized spacial score (nSPS) is 13.0. The minimum absolute atomic E-state index is 0.00316. The van der Waals surface area contributed by atoms with Gasteiger partial charge in [0, 0.05) is 19.2 Å². The summed E-state index contributed by atoms with van der Waals surface area (Å²) in [5, 5.41) is 18.2. The van der Waals surface area contributed by atoms with Gasteiger partial charge in [0.15, 0.2) is 0 Å². The highest BCUT2D eigenvalue weighted by Gasteiger charge is 2.13. The van der Waals surface area contributed by atoms with Crippen molar-refractivity contribution in [2.75, 3.05) is 20.3 Å². The zero-order valence-electron chi connectivity index (χ0n) is 12.0. The van der Waals surface area contributed by atoms with Crippen LogP contribution in [0, 0.1) is 0 Å². The Hall–Kier alpha value is -1.10. The van der Waals surface area contributed by atoms with Crippen LogP contribution in [0.1, 0.15) is 25.8 Å². The van der Waals surface area contributed by atoms with E-state index in [2.05, 4.69) is 4.90 Å². The SMILES string of the molecule is CC(C)Oc1ccc(CN(C)C(CO)CCO)cc1. The lowest BCUT2D eigenvalue weighted by Gasteiger charge is -2.26. The molecule has 1 aromatic carbocycles. The average Bonchev–Trinajstić information content (AvgIpc) is 2.37. The van der Waals surface area contributed by atoms with Crippen LogP contribution in [0.4, 0.5) is 0 Å². The second kappa shape index (κ2) is 8.15. The number of nitrogens with zero attached hydrogens (tertiary/aromatic N) is 1. The van der Waals surface area contributed by atoms with Crippen LogP contribution < -0.4 is 4.74 Å². The van der Waals surface area contributed by atoms with Gasteiger partial charge in [0.05, 0.1) is 12.7 Å². The number of benzene rings is 1. The summed E-state index contributed by atoms with van der Waals surface area (Å²) in [6, 6.07) is 7.98. The van der Waals surface area contributed by atoms with E-state index in [0.717, 1.165) is 17.9 Å². The van der Waals surface area contributed by atoms with Crippen LogP contribution in [0.15, 0.2) is 24.3 Å². The van der Waals surface area contributed by atoms with Gasteiger partial charge in [0.25, 0.3) is 0 Å². The summed E-state index contributed by atoms with van der Waals surface area (Å²) in [6.45, 7) is 4.90. The molecule has 0 radical (unpaired) electrons. The fraction of sp³-hybridized carbons (Fsp3) is 0.600. The van der Waals surface area contributed by atoms with Crippen LogP contribution in [0.2, 0.25) is 0 Å². The van der Waals surface area contributed by atoms with Gasteiger partial charge in [-0.3, -0.25) is 4.90 Å². The molecule has 0 saturated carbocycles. The highest BCUT2D eigenvalue weighted by molar-refractivity contribution is 5.27. The van der Waals surface area contributed by atoms with Crippen molar-refractivity contribution in [1.82, 2.24) is 4.90 Å². The third kappa shape index (κ3) is 5.59. The van der Waals surface area contributed by atoms with Gasteiger partial charge in [-0.15, -0.1) is 0 Å². The summed E-state index contributed by atoms with van der Waals surface area (Å²) in [5.41, 5.74) is 1.16. The molecule has 0 saturated heterocycles. The highest BCUT2D eigenvalue weighted by atomic mass is 16.5. The van der Waals surface area contributed by atoms with Crippen molar-refractivity contribution in [1.29, 1.82) is 0 Å². The van der Waals surface area contributed by atoms with Crippen LogP contribution in [0.25, 0.3) is 0 Å². The summed E-state index contributed by atoms with van der Waals surface area (Å²) < 4.78 is 5.59. The van der Waals surface area contributed by atoms with E-state index in [9.17, 15) is 5.11 Å². The fourth-order valence-corrected chi connectivity index (χ4v) is 1.96. The monoisotopic (exact) mass is 267 g/mol. The predicted octanol–water partition coefficient (Wildman–Crippen LogP) is 1.65. The van der Waals surface area contributed by atoms with Gasteiger partial charge in [0.2, 0.25) is 0 Å². The number of likely N-dealkylation sites (N-methyl/N-ethyl adjacent to an activating group) is 1. The highest BCUT2D eigenvalue weighted by Crippen LogP contribution is 2.15. The second-order valence-corrected chi connectivity index (χ2v) is 5.07. The Labute approximate surface area is 115 Å². The molecule has 0 aliphatic heterocycles. The molecular formula is C15H25NO3. The number of aliphatic hydroxyl groups excluding tert-OH is 2. The van der Waals surface area contributed by atoms with Gasteiger partial charge in [-0.25, -0.2) is 0 Å². The quantitative estimate of drug-likeness (QED) is 0.752. The number of hydrogen-bond acceptors (Lipinski definition) is 4. The Morgan fingerprint density at radius 1 is 1.16 bits per heavy atom. The molecule has 1 unspecified atom stereocenters. The molecule has 108 valence electrons. The molecule has 0 bridgehead atoms. The molecule has 2 N–H and O–H groups in total. The summed E-state index contributed by atoms with van der Waals surface area (Å²) >= 11 is 0. The third-order valence-electron chi connectivity index (χ3n) is 3.02. The van der Waals surface area contributed by atoms with Crippen molar-refractivity contribution < 1.29 is 14.9 Å². The number of hydrogen-bond donors (Lipinski definition) is 2. The van der Waals surface area contributed by atoms with E-state index in [4.69, 9.17) is 9.84 Å². The van der Waals surface area contributed by atoms with Crippen LogP contribution in [-0.2, 0) is 6.54 Å². The van der Waals surface area contributed by atoms with Crippen molar-refractivity contribution in [2.24, 2.45) is 0 Å². The van der Waals surface area contributed by atoms with Crippen molar-refractivity contribution >= 4 is 0 Å². The van der Waals surface area contributed by atoms with Crippen LogP contribution in [0.5, 0.6) is 5.75 Å². The summed E-state index contributed by atoms with van der Waals surface area (Å²) in [4.78, 5) is 2.05. The maximum Gasteiger partial charge on any atom is 0.119 e. The first kappa shape index (κ1) is 16.0. The number of rotatable bonds is 8. The van der Waals surface area contributed by atoms with Crippen LogP contribution >= 0.6 is 0 Å². The minimum atomic E-state index is -0.00316. The van der Waals surface area contributed by atoms with E-state index < -0.39 is 0 Å². The van der Waals surface area contributed by atoms with Gasteiger partial charge in [-0.05, 0) is 45.0 Å². The predicted molar refractivity (Wildman–Crippen MR) is 76.2 cm³/mol. The molecule has 1 atom stereocenters. The summed E-state index contributed by atoms with van der Waals surface area (Å²) in [6.07, 6.45) is 0.763. The smallest absolute Gasteiger partial charge is 0.119 e. The lowest BCUT2D eigenvalue weighted by Crippen LogP contribution is -2.35. The van der Waals surface area contributed by atoms with E-state index in [1.54, 1.807) is 0 Å². The topological polar surface area (TPSA) is 52.9 Å². The molecule has 0 aromatic heterocycles.